The molecule has 11 heteroatoms. The number of hydrogen-bond donors (Lipinski definition) is 2. The third-order valence-electron chi connectivity index (χ3n) is 6.18. The first-order valence-electron chi connectivity index (χ1n) is 11.8. The number of aromatic amines is 1. The zero-order valence-electron chi connectivity index (χ0n) is 20.2. The molecule has 1 atom stereocenters. The summed E-state index contributed by atoms with van der Waals surface area (Å²) in [4.78, 5) is 57.0. The first kappa shape index (κ1) is 24.4. The maximum Gasteiger partial charge on any atom is 0.330 e. The monoisotopic (exact) mass is 485 g/mol. The van der Waals surface area contributed by atoms with Crippen LogP contribution in [0.5, 0.6) is 11.5 Å². The Bertz CT molecular complexity index is 1250. The molecule has 0 aliphatic carbocycles. The third-order valence-corrected chi connectivity index (χ3v) is 6.18. The topological polar surface area (TPSA) is 140 Å². The van der Waals surface area contributed by atoms with E-state index in [2.05, 4.69) is 4.98 Å². The molecule has 0 spiro atoms. The molecule has 1 unspecified atom stereocenters. The molecule has 11 nitrogen and oxygen atoms in total. The van der Waals surface area contributed by atoms with E-state index in [4.69, 9.17) is 15.2 Å². The van der Waals surface area contributed by atoms with Crippen LogP contribution in [0.1, 0.15) is 40.0 Å². The molecule has 0 radical (unpaired) electrons. The maximum atomic E-state index is 13.7. The Kier molecular flexibility index (Phi) is 6.86. The number of nitrogen functional groups attached to an aromatic ring is 1. The van der Waals surface area contributed by atoms with Crippen molar-refractivity contribution in [2.24, 2.45) is 11.8 Å². The minimum absolute atomic E-state index is 0.000652. The molecule has 1 aromatic heterocycles. The van der Waals surface area contributed by atoms with Crippen molar-refractivity contribution in [1.82, 2.24) is 9.55 Å². The van der Waals surface area contributed by atoms with Crippen LogP contribution in [0.15, 0.2) is 27.8 Å². The summed E-state index contributed by atoms with van der Waals surface area (Å²) in [5.74, 6) is -0.0585. The average molecular weight is 486 g/mol. The molecule has 2 aliphatic rings. The molecule has 1 saturated heterocycles. The second-order valence-corrected chi connectivity index (χ2v) is 9.28. The molecule has 2 amide bonds. The number of benzene rings is 1. The van der Waals surface area contributed by atoms with Crippen molar-refractivity contribution >= 4 is 29.0 Å². The van der Waals surface area contributed by atoms with Crippen molar-refractivity contribution in [3.63, 3.8) is 0 Å². The van der Waals surface area contributed by atoms with Crippen LogP contribution in [-0.4, -0.2) is 41.2 Å². The Morgan fingerprint density at radius 2 is 1.97 bits per heavy atom. The normalized spacial score (nSPS) is 16.9. The molecular weight excluding hydrogens is 454 g/mol. The highest BCUT2D eigenvalue weighted by molar-refractivity contribution is 6.05. The molecule has 0 bridgehead atoms. The fourth-order valence-corrected chi connectivity index (χ4v) is 4.43. The van der Waals surface area contributed by atoms with Gasteiger partial charge in [-0.25, -0.2) is 4.79 Å². The standard InChI is InChI=1S/C24H31N5O6/c1-4-5-8-27(20-21(25)29(11-14(2)3)24(33)26-22(20)31)23(32)15-9-19(30)28(12-15)16-6-7-17-18(10-16)35-13-34-17/h6-7,10,14-15H,4-5,8-9,11-13,25H2,1-3H3,(H,26,31,33). The van der Waals surface area contributed by atoms with Gasteiger partial charge in [0, 0.05) is 37.8 Å². The van der Waals surface area contributed by atoms with Gasteiger partial charge in [0.15, 0.2) is 17.2 Å². The van der Waals surface area contributed by atoms with E-state index >= 15 is 0 Å². The molecule has 2 aliphatic heterocycles. The number of amides is 2. The summed E-state index contributed by atoms with van der Waals surface area (Å²) in [7, 11) is 0. The molecule has 4 rings (SSSR count). The van der Waals surface area contributed by atoms with Gasteiger partial charge in [-0.2, -0.15) is 0 Å². The highest BCUT2D eigenvalue weighted by Gasteiger charge is 2.39. The fraction of sp³-hybridized carbons (Fsp3) is 0.500. The Balaban J connectivity index is 1.65. The number of unbranched alkanes of at least 4 members (excludes halogenated alkanes) is 1. The second-order valence-electron chi connectivity index (χ2n) is 9.28. The lowest BCUT2D eigenvalue weighted by Crippen LogP contribution is -2.44. The molecule has 1 aromatic carbocycles. The summed E-state index contributed by atoms with van der Waals surface area (Å²) < 4.78 is 12.0. The predicted molar refractivity (Wildman–Crippen MR) is 131 cm³/mol. The molecule has 188 valence electrons. The lowest BCUT2D eigenvalue weighted by molar-refractivity contribution is -0.124. The summed E-state index contributed by atoms with van der Waals surface area (Å²) in [6.45, 7) is 6.63. The Labute approximate surface area is 202 Å². The number of hydrogen-bond acceptors (Lipinski definition) is 7. The van der Waals surface area contributed by atoms with Crippen molar-refractivity contribution < 1.29 is 19.1 Å². The van der Waals surface area contributed by atoms with E-state index < -0.39 is 17.2 Å². The molecule has 1 fully saturated rings. The number of nitrogens with zero attached hydrogens (tertiary/aromatic N) is 3. The fourth-order valence-electron chi connectivity index (χ4n) is 4.43. The van der Waals surface area contributed by atoms with Gasteiger partial charge in [-0.1, -0.05) is 27.2 Å². The van der Waals surface area contributed by atoms with Crippen molar-refractivity contribution in [2.45, 2.75) is 46.6 Å². The Hall–Kier alpha value is -3.76. The molecule has 2 aromatic rings. The first-order valence-corrected chi connectivity index (χ1v) is 11.8. The first-order chi connectivity index (χ1) is 16.7. The number of fused-ring (bicyclic) bond motifs is 1. The van der Waals surface area contributed by atoms with Gasteiger partial charge in [0.1, 0.15) is 5.82 Å². The summed E-state index contributed by atoms with van der Waals surface area (Å²) in [6, 6.07) is 5.19. The lowest BCUT2D eigenvalue weighted by Gasteiger charge is -2.27. The van der Waals surface area contributed by atoms with E-state index in [0.717, 1.165) is 6.42 Å². The average Bonchev–Trinajstić information content (AvgIpc) is 3.44. The summed E-state index contributed by atoms with van der Waals surface area (Å²) in [6.07, 6.45) is 1.40. The van der Waals surface area contributed by atoms with Gasteiger partial charge in [-0.3, -0.25) is 23.9 Å². The molecule has 3 N–H and O–H groups in total. The van der Waals surface area contributed by atoms with Crippen LogP contribution >= 0.6 is 0 Å². The van der Waals surface area contributed by atoms with Gasteiger partial charge in [-0.15, -0.1) is 0 Å². The molecular formula is C24H31N5O6. The number of carbonyl (C=O) groups excluding carboxylic acids is 2. The second kappa shape index (κ2) is 9.85. The number of anilines is 3. The van der Waals surface area contributed by atoms with E-state index in [9.17, 15) is 19.2 Å². The van der Waals surface area contributed by atoms with Gasteiger partial charge in [0.2, 0.25) is 18.6 Å². The van der Waals surface area contributed by atoms with Gasteiger partial charge >= 0.3 is 5.69 Å². The van der Waals surface area contributed by atoms with Crippen molar-refractivity contribution in [2.75, 3.05) is 35.4 Å². The largest absolute Gasteiger partial charge is 0.454 e. The predicted octanol–water partition coefficient (Wildman–Crippen LogP) is 1.69. The molecule has 0 saturated carbocycles. The number of carbonyl (C=O) groups is 2. The summed E-state index contributed by atoms with van der Waals surface area (Å²) in [5, 5.41) is 0. The van der Waals surface area contributed by atoms with Gasteiger partial charge in [0.05, 0.1) is 5.92 Å². The van der Waals surface area contributed by atoms with Crippen LogP contribution in [0.3, 0.4) is 0 Å². The van der Waals surface area contributed by atoms with Crippen LogP contribution in [-0.2, 0) is 16.1 Å². The highest BCUT2D eigenvalue weighted by atomic mass is 16.7. The number of aromatic nitrogens is 2. The summed E-state index contributed by atoms with van der Waals surface area (Å²) >= 11 is 0. The third kappa shape index (κ3) is 4.75. The van der Waals surface area contributed by atoms with Crippen molar-refractivity contribution in [3.05, 3.63) is 39.0 Å². The van der Waals surface area contributed by atoms with E-state index in [1.165, 1.54) is 14.4 Å². The minimum Gasteiger partial charge on any atom is -0.454 e. The minimum atomic E-state index is -0.714. The zero-order valence-corrected chi connectivity index (χ0v) is 20.2. The van der Waals surface area contributed by atoms with Gasteiger partial charge < -0.3 is 25.0 Å². The lowest BCUT2D eigenvalue weighted by atomic mass is 10.1. The van der Waals surface area contributed by atoms with Crippen molar-refractivity contribution in [3.8, 4) is 11.5 Å². The van der Waals surface area contributed by atoms with E-state index in [0.29, 0.717) is 30.2 Å². The molecule has 35 heavy (non-hydrogen) atoms. The van der Waals surface area contributed by atoms with Gasteiger partial charge in [0.25, 0.3) is 5.56 Å². The van der Waals surface area contributed by atoms with Crippen LogP contribution in [0, 0.1) is 11.8 Å². The van der Waals surface area contributed by atoms with Crippen LogP contribution < -0.4 is 36.3 Å². The quantitative estimate of drug-likeness (QED) is 0.580. The number of H-pyrrole nitrogens is 1. The number of rotatable bonds is 8. The zero-order chi connectivity index (χ0) is 25.3. The SMILES string of the molecule is CCCCN(C(=O)C1CC(=O)N(c2ccc3c(c2)OCO3)C1)c1c(N)n(CC(C)C)c(=O)[nH]c1=O. The number of nitrogens with one attached hydrogen (secondary N) is 1. The Morgan fingerprint density at radius 3 is 2.69 bits per heavy atom. The van der Waals surface area contributed by atoms with Crippen LogP contribution in [0.4, 0.5) is 17.2 Å². The molecule has 3 heterocycles. The van der Waals surface area contributed by atoms with Crippen LogP contribution in [0.2, 0.25) is 0 Å². The number of ether oxygens (including phenoxy) is 2. The summed E-state index contributed by atoms with van der Waals surface area (Å²) in [5.41, 5.74) is 5.52. The van der Waals surface area contributed by atoms with Gasteiger partial charge in [-0.05, 0) is 24.5 Å². The smallest absolute Gasteiger partial charge is 0.330 e. The van der Waals surface area contributed by atoms with Crippen LogP contribution in [0.25, 0.3) is 0 Å². The van der Waals surface area contributed by atoms with Crippen molar-refractivity contribution in [1.29, 1.82) is 0 Å². The van der Waals surface area contributed by atoms with E-state index in [1.807, 2.05) is 20.8 Å². The van der Waals surface area contributed by atoms with E-state index in [1.54, 1.807) is 18.2 Å². The highest BCUT2D eigenvalue weighted by Crippen LogP contribution is 2.37. The van der Waals surface area contributed by atoms with E-state index in [-0.39, 0.29) is 55.5 Å². The Morgan fingerprint density at radius 1 is 1.23 bits per heavy atom. The maximum absolute atomic E-state index is 13.7. The number of nitrogens with two attached hydrogens (primary N) is 1.